The van der Waals surface area contributed by atoms with Crippen molar-refractivity contribution in [2.24, 2.45) is 5.92 Å². The van der Waals surface area contributed by atoms with E-state index in [1.54, 1.807) is 0 Å². The number of pyridine rings is 1. The molecule has 3 aromatic carbocycles. The van der Waals surface area contributed by atoms with Crippen molar-refractivity contribution in [2.75, 3.05) is 9.80 Å². The van der Waals surface area contributed by atoms with Crippen LogP contribution in [0.4, 0.5) is 22.9 Å². The lowest BCUT2D eigenvalue weighted by Crippen LogP contribution is -2.54. The fourth-order valence-corrected chi connectivity index (χ4v) is 5.66. The van der Waals surface area contributed by atoms with Gasteiger partial charge in [-0.3, -0.25) is 0 Å². The van der Waals surface area contributed by atoms with Gasteiger partial charge in [-0.2, -0.15) is 0 Å². The average Bonchev–Trinajstić information content (AvgIpc) is 3.23. The summed E-state index contributed by atoms with van der Waals surface area (Å²) in [4.78, 5) is 9.84. The van der Waals surface area contributed by atoms with Gasteiger partial charge in [-0.25, -0.2) is 4.98 Å². The summed E-state index contributed by atoms with van der Waals surface area (Å²) in [6, 6.07) is 32.3. The third-order valence-corrected chi connectivity index (χ3v) is 7.59. The van der Waals surface area contributed by atoms with Gasteiger partial charge in [0, 0.05) is 28.8 Å². The fourth-order valence-electron chi connectivity index (χ4n) is 5.66. The maximum absolute atomic E-state index is 4.92. The van der Waals surface area contributed by atoms with E-state index in [1.165, 1.54) is 28.1 Å². The molecule has 6 rings (SSSR count). The molecule has 0 spiro atoms. The summed E-state index contributed by atoms with van der Waals surface area (Å²) in [5.74, 6) is 1.27. The van der Waals surface area contributed by atoms with Gasteiger partial charge >= 0.3 is 0 Å². The minimum atomic E-state index is -0.167. The number of allylic oxidation sites excluding steroid dienone is 1. The Hall–Kier alpha value is -3.85. The zero-order valence-corrected chi connectivity index (χ0v) is 19.0. The molecule has 1 aromatic heterocycles. The molecule has 3 atom stereocenters. The lowest BCUT2D eigenvalue weighted by molar-refractivity contribution is 0.313. The Kier molecular flexibility index (Phi) is 4.41. The van der Waals surface area contributed by atoms with Crippen LogP contribution in [0.1, 0.15) is 19.4 Å². The highest BCUT2D eigenvalue weighted by Gasteiger charge is 2.52. The first kappa shape index (κ1) is 19.8. The number of hydrogen-bond donors (Lipinski definition) is 0. The van der Waals surface area contributed by atoms with Crippen molar-refractivity contribution in [1.82, 2.24) is 4.98 Å². The SMILES string of the molecule is C=CC1(C)c2ccccc2N2c3cccnc3N(c3ccccc3-c3ccccc3)C2C1C. The van der Waals surface area contributed by atoms with Crippen LogP contribution in [0.15, 0.2) is 110 Å². The van der Waals surface area contributed by atoms with Crippen molar-refractivity contribution in [3.8, 4) is 11.1 Å². The van der Waals surface area contributed by atoms with E-state index in [0.29, 0.717) is 0 Å². The van der Waals surface area contributed by atoms with Gasteiger partial charge in [0.1, 0.15) is 6.17 Å². The third-order valence-electron chi connectivity index (χ3n) is 7.59. The molecule has 3 nitrogen and oxygen atoms in total. The Morgan fingerprint density at radius 3 is 2.24 bits per heavy atom. The second kappa shape index (κ2) is 7.35. The second-order valence-corrected chi connectivity index (χ2v) is 9.18. The van der Waals surface area contributed by atoms with Gasteiger partial charge in [0.2, 0.25) is 0 Å². The van der Waals surface area contributed by atoms with E-state index in [1.807, 2.05) is 12.3 Å². The molecule has 33 heavy (non-hydrogen) atoms. The van der Waals surface area contributed by atoms with Gasteiger partial charge in [-0.15, -0.1) is 6.58 Å². The largest absolute Gasteiger partial charge is 0.316 e. The molecule has 0 amide bonds. The highest BCUT2D eigenvalue weighted by atomic mass is 15.5. The van der Waals surface area contributed by atoms with Crippen LogP contribution in [0.3, 0.4) is 0 Å². The first-order valence-corrected chi connectivity index (χ1v) is 11.6. The molecule has 2 aliphatic heterocycles. The number of fused-ring (bicyclic) bond motifs is 5. The average molecular weight is 430 g/mol. The number of para-hydroxylation sites is 2. The zero-order chi connectivity index (χ0) is 22.6. The molecular formula is C30H27N3. The summed E-state index contributed by atoms with van der Waals surface area (Å²) in [5.41, 5.74) is 7.13. The second-order valence-electron chi connectivity index (χ2n) is 9.18. The van der Waals surface area contributed by atoms with Crippen LogP contribution in [0.25, 0.3) is 11.1 Å². The molecule has 0 bridgehead atoms. The maximum Gasteiger partial charge on any atom is 0.158 e. The summed E-state index contributed by atoms with van der Waals surface area (Å²) >= 11 is 0. The van der Waals surface area contributed by atoms with E-state index in [4.69, 9.17) is 4.98 Å². The molecule has 162 valence electrons. The van der Waals surface area contributed by atoms with E-state index >= 15 is 0 Å². The molecule has 0 N–H and O–H groups in total. The van der Waals surface area contributed by atoms with E-state index in [9.17, 15) is 0 Å². The van der Waals surface area contributed by atoms with Crippen molar-refractivity contribution in [1.29, 1.82) is 0 Å². The van der Waals surface area contributed by atoms with E-state index in [-0.39, 0.29) is 17.5 Å². The zero-order valence-electron chi connectivity index (χ0n) is 19.0. The molecular weight excluding hydrogens is 402 g/mol. The number of anilines is 4. The molecule has 0 saturated carbocycles. The standard InChI is InChI=1S/C30H27N3/c1-4-30(3)21(2)29-32(26-18-11-9-16-24(26)30)27-19-12-20-31-28(27)33(29)25-17-10-8-15-23(25)22-13-6-5-7-14-22/h4-21,29H,1H2,2-3H3. The molecule has 0 saturated heterocycles. The third kappa shape index (κ3) is 2.72. The van der Waals surface area contributed by atoms with Gasteiger partial charge in [-0.05, 0) is 35.4 Å². The molecule has 3 unspecified atom stereocenters. The van der Waals surface area contributed by atoms with Crippen LogP contribution in [-0.2, 0) is 5.41 Å². The number of nitrogens with zero attached hydrogens (tertiary/aromatic N) is 3. The summed E-state index contributed by atoms with van der Waals surface area (Å²) < 4.78 is 0. The van der Waals surface area contributed by atoms with Gasteiger partial charge in [0.05, 0.1) is 11.4 Å². The first-order chi connectivity index (χ1) is 16.1. The van der Waals surface area contributed by atoms with Gasteiger partial charge in [-0.1, -0.05) is 86.7 Å². The van der Waals surface area contributed by atoms with Crippen molar-refractivity contribution in [2.45, 2.75) is 25.4 Å². The predicted molar refractivity (Wildman–Crippen MR) is 137 cm³/mol. The van der Waals surface area contributed by atoms with E-state index in [2.05, 4.69) is 121 Å². The Bertz CT molecular complexity index is 1350. The molecule has 4 aromatic rings. The number of aromatic nitrogens is 1. The van der Waals surface area contributed by atoms with Gasteiger partial charge in [0.15, 0.2) is 5.82 Å². The van der Waals surface area contributed by atoms with E-state index in [0.717, 1.165) is 11.5 Å². The topological polar surface area (TPSA) is 19.4 Å². The molecule has 0 aliphatic carbocycles. The Labute approximate surface area is 195 Å². The lowest BCUT2D eigenvalue weighted by atomic mass is 9.67. The Balaban J connectivity index is 1.63. The summed E-state index contributed by atoms with van der Waals surface area (Å²) in [7, 11) is 0. The summed E-state index contributed by atoms with van der Waals surface area (Å²) in [6.45, 7) is 8.94. The maximum atomic E-state index is 4.92. The molecule has 2 aliphatic rings. The van der Waals surface area contributed by atoms with Crippen molar-refractivity contribution >= 4 is 22.9 Å². The number of rotatable bonds is 3. The van der Waals surface area contributed by atoms with Crippen LogP contribution in [0.5, 0.6) is 0 Å². The Morgan fingerprint density at radius 2 is 1.45 bits per heavy atom. The minimum absolute atomic E-state index is 0.0812. The monoisotopic (exact) mass is 429 g/mol. The minimum Gasteiger partial charge on any atom is -0.316 e. The fraction of sp³-hybridized carbons (Fsp3) is 0.167. The van der Waals surface area contributed by atoms with Crippen LogP contribution >= 0.6 is 0 Å². The predicted octanol–water partition coefficient (Wildman–Crippen LogP) is 7.46. The van der Waals surface area contributed by atoms with Crippen LogP contribution in [0.2, 0.25) is 0 Å². The molecule has 0 fully saturated rings. The molecule has 0 radical (unpaired) electrons. The summed E-state index contributed by atoms with van der Waals surface area (Å²) in [6.07, 6.45) is 4.11. The Morgan fingerprint density at radius 1 is 0.788 bits per heavy atom. The molecule has 3 heteroatoms. The van der Waals surface area contributed by atoms with E-state index < -0.39 is 0 Å². The van der Waals surface area contributed by atoms with Crippen LogP contribution < -0.4 is 9.80 Å². The lowest BCUT2D eigenvalue weighted by Gasteiger charge is -2.50. The number of hydrogen-bond acceptors (Lipinski definition) is 3. The smallest absolute Gasteiger partial charge is 0.158 e. The summed E-state index contributed by atoms with van der Waals surface area (Å²) in [5, 5.41) is 0. The molecule has 3 heterocycles. The van der Waals surface area contributed by atoms with Crippen LogP contribution in [0, 0.1) is 5.92 Å². The first-order valence-electron chi connectivity index (χ1n) is 11.6. The number of benzene rings is 3. The van der Waals surface area contributed by atoms with Crippen molar-refractivity contribution < 1.29 is 0 Å². The van der Waals surface area contributed by atoms with Crippen molar-refractivity contribution in [3.05, 3.63) is 115 Å². The van der Waals surface area contributed by atoms with Crippen LogP contribution in [-0.4, -0.2) is 11.1 Å². The van der Waals surface area contributed by atoms with Gasteiger partial charge < -0.3 is 9.80 Å². The van der Waals surface area contributed by atoms with Crippen molar-refractivity contribution in [3.63, 3.8) is 0 Å². The van der Waals surface area contributed by atoms with Gasteiger partial charge in [0.25, 0.3) is 0 Å². The quantitative estimate of drug-likeness (QED) is 0.315. The highest BCUT2D eigenvalue weighted by molar-refractivity contribution is 5.92. The normalized spacial score (nSPS) is 23.0. The highest BCUT2D eigenvalue weighted by Crippen LogP contribution is 2.58.